The Morgan fingerprint density at radius 1 is 1.06 bits per heavy atom. The molecule has 1 radical (unpaired) electrons. The Labute approximate surface area is 235 Å². The van der Waals surface area contributed by atoms with Gasteiger partial charge in [0.1, 0.15) is 10.8 Å². The second-order valence-corrected chi connectivity index (χ2v) is 9.68. The Morgan fingerprint density at radius 3 is 2.54 bits per heavy atom. The summed E-state index contributed by atoms with van der Waals surface area (Å²) in [6.45, 7) is 3.38. The zero-order chi connectivity index (χ0) is 23.5. The SMILES string of the molecule is Nc1ccc(-c2nc3ccc(OCCCCCN(CCS)CC(=O)NCCS)cc3s2)cc1.[99Tc].[O-2]. The molecule has 2 aromatic carbocycles. The molecular weight excluding hydrogens is 587 g/mol. The van der Waals surface area contributed by atoms with Crippen molar-refractivity contribution in [2.45, 2.75) is 19.3 Å². The fourth-order valence-electron chi connectivity index (χ4n) is 3.41. The molecule has 35 heavy (non-hydrogen) atoms. The predicted octanol–water partition coefficient (Wildman–Crippen LogP) is 4.25. The van der Waals surface area contributed by atoms with Crippen molar-refractivity contribution < 1.29 is 35.1 Å². The molecule has 0 aliphatic carbocycles. The first-order valence-electron chi connectivity index (χ1n) is 11.2. The number of nitrogen functional groups attached to an aromatic ring is 1. The van der Waals surface area contributed by atoms with Gasteiger partial charge in [-0.15, -0.1) is 11.3 Å². The average Bonchev–Trinajstić information content (AvgIpc) is 3.24. The largest absolute Gasteiger partial charge is 2.00 e. The summed E-state index contributed by atoms with van der Waals surface area (Å²) in [5.74, 6) is 2.31. The third kappa shape index (κ3) is 10.7. The summed E-state index contributed by atoms with van der Waals surface area (Å²) < 4.78 is 7.08. The van der Waals surface area contributed by atoms with Crippen molar-refractivity contribution in [2.24, 2.45) is 0 Å². The van der Waals surface area contributed by atoms with Crippen LogP contribution in [-0.4, -0.2) is 60.1 Å². The van der Waals surface area contributed by atoms with E-state index in [0.717, 1.165) is 70.3 Å². The molecule has 0 atom stereocenters. The third-order valence-electron chi connectivity index (χ3n) is 5.12. The van der Waals surface area contributed by atoms with E-state index >= 15 is 0 Å². The molecule has 0 bridgehead atoms. The van der Waals surface area contributed by atoms with Gasteiger partial charge in [0.2, 0.25) is 5.91 Å². The van der Waals surface area contributed by atoms with Gasteiger partial charge in [-0.1, -0.05) is 0 Å². The van der Waals surface area contributed by atoms with Gasteiger partial charge in [-0.05, 0) is 68.3 Å². The number of rotatable bonds is 14. The van der Waals surface area contributed by atoms with Crippen LogP contribution in [0.15, 0.2) is 42.5 Å². The molecule has 3 aromatic rings. The second-order valence-electron chi connectivity index (χ2n) is 7.75. The van der Waals surface area contributed by atoms with Crippen LogP contribution >= 0.6 is 36.6 Å². The molecule has 1 aromatic heterocycles. The summed E-state index contributed by atoms with van der Waals surface area (Å²) in [6.07, 6.45) is 3.04. The van der Waals surface area contributed by atoms with E-state index in [9.17, 15) is 4.79 Å². The maximum Gasteiger partial charge on any atom is 0.234 e. The van der Waals surface area contributed by atoms with Crippen LogP contribution in [0.25, 0.3) is 20.8 Å². The maximum atomic E-state index is 11.9. The van der Waals surface area contributed by atoms with Crippen molar-refractivity contribution in [2.75, 3.05) is 50.0 Å². The number of hydrogen-bond donors (Lipinski definition) is 4. The van der Waals surface area contributed by atoms with Crippen LogP contribution in [0.5, 0.6) is 5.75 Å². The van der Waals surface area contributed by atoms with Crippen LogP contribution in [-0.2, 0) is 30.4 Å². The summed E-state index contributed by atoms with van der Waals surface area (Å²) in [5.41, 5.74) is 8.57. The van der Waals surface area contributed by atoms with Crippen molar-refractivity contribution in [3.63, 3.8) is 0 Å². The Morgan fingerprint density at radius 2 is 1.83 bits per heavy atom. The Kier molecular flexibility index (Phi) is 15.6. The maximum absolute atomic E-state index is 11.9. The van der Waals surface area contributed by atoms with E-state index in [1.54, 1.807) is 11.3 Å². The van der Waals surface area contributed by atoms with Gasteiger partial charge < -0.3 is 21.3 Å². The third-order valence-corrected chi connectivity index (χ3v) is 6.61. The number of hydrogen-bond acceptors (Lipinski definition) is 8. The molecule has 1 heterocycles. The number of nitrogens with two attached hydrogens (primary N) is 1. The quantitative estimate of drug-likeness (QED) is 0.123. The molecule has 3 N–H and O–H groups in total. The molecule has 11 heteroatoms. The van der Waals surface area contributed by atoms with E-state index in [0.29, 0.717) is 25.4 Å². The molecule has 0 aliphatic heterocycles. The van der Waals surface area contributed by atoms with E-state index < -0.39 is 0 Å². The number of fused-ring (bicyclic) bond motifs is 1. The van der Waals surface area contributed by atoms with Gasteiger partial charge in [-0.2, -0.15) is 25.3 Å². The molecule has 7 nitrogen and oxygen atoms in total. The number of nitrogens with zero attached hydrogens (tertiary/aromatic N) is 2. The van der Waals surface area contributed by atoms with Gasteiger partial charge in [-0.25, -0.2) is 4.98 Å². The first kappa shape index (κ1) is 31.7. The molecule has 3 rings (SSSR count). The molecule has 1 amide bonds. The first-order chi connectivity index (χ1) is 16.1. The van der Waals surface area contributed by atoms with E-state index in [-0.39, 0.29) is 31.5 Å². The van der Waals surface area contributed by atoms with Gasteiger partial charge in [0.05, 0.1) is 23.4 Å². The minimum Gasteiger partial charge on any atom is -2.00 e. The van der Waals surface area contributed by atoms with E-state index in [1.807, 2.05) is 36.4 Å². The Bertz CT molecular complexity index is 1020. The Hall–Kier alpha value is -1.33. The van der Waals surface area contributed by atoms with Crippen LogP contribution in [0.1, 0.15) is 19.3 Å². The number of aromatic nitrogens is 1. The van der Waals surface area contributed by atoms with E-state index in [1.165, 1.54) is 0 Å². The van der Waals surface area contributed by atoms with E-state index in [2.05, 4.69) is 41.5 Å². The smallest absolute Gasteiger partial charge is 0.234 e. The average molecular weight is 620 g/mol. The molecule has 0 aliphatic rings. The molecular formula is C24H32N4O3S3Tc-2. The first-order valence-corrected chi connectivity index (χ1v) is 13.3. The predicted molar refractivity (Wildman–Crippen MR) is 147 cm³/mol. The number of carbonyl (C=O) groups is 1. The van der Waals surface area contributed by atoms with Crippen molar-refractivity contribution in [3.05, 3.63) is 42.5 Å². The monoisotopic (exact) mass is 619 g/mol. The minimum atomic E-state index is 0. The molecule has 0 saturated heterocycles. The number of thiazole rings is 1. The number of benzene rings is 2. The molecule has 0 spiro atoms. The van der Waals surface area contributed by atoms with Crippen molar-refractivity contribution in [3.8, 4) is 16.3 Å². The van der Waals surface area contributed by atoms with Gasteiger partial charge >= 0.3 is 0 Å². The summed E-state index contributed by atoms with van der Waals surface area (Å²) >= 11 is 10.1. The number of ether oxygens (including phenoxy) is 1. The summed E-state index contributed by atoms with van der Waals surface area (Å²) in [4.78, 5) is 18.8. The van der Waals surface area contributed by atoms with Crippen LogP contribution in [0, 0.1) is 0 Å². The number of nitrogens with one attached hydrogen (secondary N) is 1. The molecule has 0 saturated carbocycles. The summed E-state index contributed by atoms with van der Waals surface area (Å²) in [6, 6.07) is 13.8. The number of anilines is 1. The van der Waals surface area contributed by atoms with Crippen molar-refractivity contribution in [1.82, 2.24) is 15.2 Å². The van der Waals surface area contributed by atoms with Gasteiger partial charge in [-0.3, -0.25) is 9.69 Å². The van der Waals surface area contributed by atoms with Crippen LogP contribution in [0.4, 0.5) is 5.69 Å². The van der Waals surface area contributed by atoms with Crippen LogP contribution in [0.2, 0.25) is 0 Å². The van der Waals surface area contributed by atoms with Crippen LogP contribution in [0.3, 0.4) is 0 Å². The number of thiol groups is 2. The minimum absolute atomic E-state index is 0. The van der Waals surface area contributed by atoms with Gasteiger partial charge in [0.15, 0.2) is 0 Å². The second kappa shape index (κ2) is 17.2. The normalized spacial score (nSPS) is 10.6. The standard InChI is InChI=1S/C24H32N4O2S3.O.Tc/c25-19-6-4-18(5-7-19)24-27-21-9-8-20(16-22(21)33-24)30-13-3-1-2-11-28(12-15-32)17-23(29)26-10-14-31;;/h4-9,16,31-32H,1-3,10-15,17,25H2,(H,26,29);;/q;-2;/i;;1+1. The fourth-order valence-corrected chi connectivity index (χ4v) is 4.81. The number of carbonyl (C=O) groups excluding carboxylic acids is 1. The Balaban J connectivity index is 0.00000306. The van der Waals surface area contributed by atoms with Gasteiger partial charge in [0, 0.05) is 56.0 Å². The molecule has 193 valence electrons. The van der Waals surface area contributed by atoms with Crippen molar-refractivity contribution >= 4 is 58.4 Å². The zero-order valence-corrected chi connectivity index (χ0v) is 24.0. The van der Waals surface area contributed by atoms with E-state index in [4.69, 9.17) is 15.5 Å². The van der Waals surface area contributed by atoms with Gasteiger partial charge in [0.25, 0.3) is 0 Å². The van der Waals surface area contributed by atoms with Crippen LogP contribution < -0.4 is 15.8 Å². The fraction of sp³-hybridized carbons (Fsp3) is 0.417. The topological polar surface area (TPSA) is 109 Å². The summed E-state index contributed by atoms with van der Waals surface area (Å²) in [7, 11) is 0. The molecule has 0 fully saturated rings. The number of amides is 1. The zero-order valence-electron chi connectivity index (χ0n) is 19.5. The number of unbranched alkanes of at least 4 members (excludes halogenated alkanes) is 2. The van der Waals surface area contributed by atoms with Crippen molar-refractivity contribution in [1.29, 1.82) is 0 Å². The molecule has 0 unspecified atom stereocenters. The summed E-state index contributed by atoms with van der Waals surface area (Å²) in [5, 5.41) is 3.84.